The molecule has 0 spiro atoms. The number of hydrogen-bond donors (Lipinski definition) is 1. The number of nitrogens with one attached hydrogen (secondary N) is 1. The Kier molecular flexibility index (Phi) is 4.53. The van der Waals surface area contributed by atoms with Gasteiger partial charge in [0, 0.05) is 17.8 Å². The van der Waals surface area contributed by atoms with Crippen LogP contribution >= 0.6 is 0 Å². The zero-order valence-corrected chi connectivity index (χ0v) is 12.4. The van der Waals surface area contributed by atoms with Crippen molar-refractivity contribution in [3.05, 3.63) is 76.7 Å². The first-order valence-electron chi connectivity index (χ1n) is 6.78. The molecule has 0 fully saturated rings. The van der Waals surface area contributed by atoms with Crippen molar-refractivity contribution in [2.24, 2.45) is 0 Å². The Hall–Kier alpha value is -2.42. The first-order chi connectivity index (χ1) is 9.97. The number of anilines is 1. The summed E-state index contributed by atoms with van der Waals surface area (Å²) in [6, 6.07) is 10.7. The Morgan fingerprint density at radius 1 is 1.05 bits per heavy atom. The molecule has 0 bridgehead atoms. The lowest BCUT2D eigenvalue weighted by Crippen LogP contribution is -2.00. The highest BCUT2D eigenvalue weighted by molar-refractivity contribution is 6.05. The fraction of sp³-hybridized carbons (Fsp3) is 0.167. The number of benzene rings is 2. The highest BCUT2D eigenvalue weighted by Crippen LogP contribution is 2.16. The molecule has 3 heteroatoms. The maximum absolute atomic E-state index is 13.6. The number of aryl methyl sites for hydroxylation is 3. The third kappa shape index (κ3) is 3.78. The molecular weight excluding hydrogens is 265 g/mol. The molecule has 0 radical (unpaired) electrons. The van der Waals surface area contributed by atoms with Crippen LogP contribution in [0.2, 0.25) is 0 Å². The number of carbonyl (C=O) groups is 1. The van der Waals surface area contributed by atoms with E-state index in [1.165, 1.54) is 18.3 Å². The Labute approximate surface area is 124 Å². The zero-order valence-electron chi connectivity index (χ0n) is 12.4. The molecule has 0 amide bonds. The highest BCUT2D eigenvalue weighted by atomic mass is 19.1. The van der Waals surface area contributed by atoms with Crippen LogP contribution in [0.15, 0.2) is 48.7 Å². The topological polar surface area (TPSA) is 29.1 Å². The minimum absolute atomic E-state index is 0.101. The Morgan fingerprint density at radius 2 is 1.71 bits per heavy atom. The van der Waals surface area contributed by atoms with Crippen molar-refractivity contribution in [2.75, 3.05) is 5.32 Å². The van der Waals surface area contributed by atoms with E-state index in [0.29, 0.717) is 11.3 Å². The van der Waals surface area contributed by atoms with Crippen LogP contribution < -0.4 is 5.32 Å². The lowest BCUT2D eigenvalue weighted by atomic mass is 10.0. The number of ketones is 1. The van der Waals surface area contributed by atoms with Crippen LogP contribution in [0.25, 0.3) is 0 Å². The van der Waals surface area contributed by atoms with Crippen molar-refractivity contribution in [1.82, 2.24) is 0 Å². The first kappa shape index (κ1) is 15.0. The van der Waals surface area contributed by atoms with Crippen molar-refractivity contribution >= 4 is 11.5 Å². The average molecular weight is 283 g/mol. The number of carbonyl (C=O) groups excluding carboxylic acids is 1. The van der Waals surface area contributed by atoms with E-state index in [1.54, 1.807) is 6.07 Å². The lowest BCUT2D eigenvalue weighted by Gasteiger charge is -2.05. The highest BCUT2D eigenvalue weighted by Gasteiger charge is 2.06. The standard InChI is InChI=1S/C18H18FNO/c1-12-4-6-14(3)15(10-12)18(21)8-9-20-17-7-5-13(2)11-16(17)19/h4-11,20H,1-3H3/b9-8+. The Bertz CT molecular complexity index is 704. The van der Waals surface area contributed by atoms with E-state index in [0.717, 1.165) is 16.7 Å². The van der Waals surface area contributed by atoms with Gasteiger partial charge in [-0.15, -0.1) is 0 Å². The van der Waals surface area contributed by atoms with Gasteiger partial charge >= 0.3 is 0 Å². The maximum atomic E-state index is 13.6. The van der Waals surface area contributed by atoms with Crippen LogP contribution in [0.1, 0.15) is 27.0 Å². The van der Waals surface area contributed by atoms with Crippen molar-refractivity contribution in [3.8, 4) is 0 Å². The third-order valence-corrected chi connectivity index (χ3v) is 3.26. The van der Waals surface area contributed by atoms with Crippen molar-refractivity contribution in [1.29, 1.82) is 0 Å². The van der Waals surface area contributed by atoms with Crippen LogP contribution in [-0.4, -0.2) is 5.78 Å². The molecule has 2 aromatic carbocycles. The van der Waals surface area contributed by atoms with Crippen LogP contribution in [0, 0.1) is 26.6 Å². The van der Waals surface area contributed by atoms with E-state index in [1.807, 2.05) is 45.0 Å². The molecule has 1 N–H and O–H groups in total. The van der Waals surface area contributed by atoms with Crippen molar-refractivity contribution in [2.45, 2.75) is 20.8 Å². The SMILES string of the molecule is Cc1ccc(N/C=C/C(=O)c2cc(C)ccc2C)c(F)c1. The first-order valence-corrected chi connectivity index (χ1v) is 6.78. The molecule has 108 valence electrons. The lowest BCUT2D eigenvalue weighted by molar-refractivity contribution is 0.104. The Morgan fingerprint density at radius 3 is 2.43 bits per heavy atom. The van der Waals surface area contributed by atoms with E-state index in [9.17, 15) is 9.18 Å². The van der Waals surface area contributed by atoms with Gasteiger partial charge in [-0.2, -0.15) is 0 Å². The van der Waals surface area contributed by atoms with E-state index in [-0.39, 0.29) is 11.6 Å². The number of rotatable bonds is 4. The van der Waals surface area contributed by atoms with E-state index in [2.05, 4.69) is 5.32 Å². The monoisotopic (exact) mass is 283 g/mol. The summed E-state index contributed by atoms with van der Waals surface area (Å²) < 4.78 is 13.6. The fourth-order valence-corrected chi connectivity index (χ4v) is 2.04. The smallest absolute Gasteiger partial charge is 0.187 e. The predicted molar refractivity (Wildman–Crippen MR) is 84.1 cm³/mol. The number of allylic oxidation sites excluding steroid dienone is 1. The predicted octanol–water partition coefficient (Wildman–Crippen LogP) is 4.56. The molecule has 2 aromatic rings. The second kappa shape index (κ2) is 6.35. The summed E-state index contributed by atoms with van der Waals surface area (Å²) in [6.07, 6.45) is 2.89. The van der Waals surface area contributed by atoms with E-state index >= 15 is 0 Å². The fourth-order valence-electron chi connectivity index (χ4n) is 2.04. The van der Waals surface area contributed by atoms with Crippen LogP contribution in [-0.2, 0) is 0 Å². The van der Waals surface area contributed by atoms with E-state index in [4.69, 9.17) is 0 Å². The van der Waals surface area contributed by atoms with Gasteiger partial charge in [0.1, 0.15) is 5.82 Å². The summed E-state index contributed by atoms with van der Waals surface area (Å²) in [4.78, 5) is 12.1. The van der Waals surface area contributed by atoms with Crippen LogP contribution in [0.4, 0.5) is 10.1 Å². The second-order valence-electron chi connectivity index (χ2n) is 5.14. The largest absolute Gasteiger partial charge is 0.359 e. The van der Waals surface area contributed by atoms with Gasteiger partial charge in [-0.25, -0.2) is 4.39 Å². The minimum atomic E-state index is -0.334. The average Bonchev–Trinajstić information content (AvgIpc) is 2.43. The number of halogens is 1. The molecule has 0 atom stereocenters. The molecule has 21 heavy (non-hydrogen) atoms. The van der Waals surface area contributed by atoms with E-state index < -0.39 is 0 Å². The molecular formula is C18H18FNO. The van der Waals surface area contributed by atoms with Gasteiger partial charge in [-0.3, -0.25) is 4.79 Å². The molecule has 2 nitrogen and oxygen atoms in total. The molecule has 0 aromatic heterocycles. The number of hydrogen-bond acceptors (Lipinski definition) is 2. The summed E-state index contributed by atoms with van der Waals surface area (Å²) in [7, 11) is 0. The van der Waals surface area contributed by atoms with Crippen molar-refractivity contribution in [3.63, 3.8) is 0 Å². The summed E-state index contributed by atoms with van der Waals surface area (Å²) in [6.45, 7) is 5.67. The molecule has 2 rings (SSSR count). The summed E-state index contributed by atoms with van der Waals surface area (Å²) in [5.74, 6) is -0.435. The van der Waals surface area contributed by atoms with Gasteiger partial charge in [0.25, 0.3) is 0 Å². The molecule has 0 aliphatic heterocycles. The molecule has 0 aliphatic rings. The molecule has 0 heterocycles. The molecule has 0 aliphatic carbocycles. The van der Waals surface area contributed by atoms with Crippen molar-refractivity contribution < 1.29 is 9.18 Å². The van der Waals surface area contributed by atoms with Gasteiger partial charge in [-0.05, 0) is 50.1 Å². The normalized spacial score (nSPS) is 10.9. The van der Waals surface area contributed by atoms with Gasteiger partial charge < -0.3 is 5.32 Å². The van der Waals surface area contributed by atoms with Gasteiger partial charge in [-0.1, -0.05) is 23.8 Å². The quantitative estimate of drug-likeness (QED) is 0.658. The minimum Gasteiger partial charge on any atom is -0.359 e. The summed E-state index contributed by atoms with van der Waals surface area (Å²) in [5.41, 5.74) is 3.84. The van der Waals surface area contributed by atoms with Gasteiger partial charge in [0.15, 0.2) is 5.78 Å². The van der Waals surface area contributed by atoms with Gasteiger partial charge in [0.2, 0.25) is 0 Å². The maximum Gasteiger partial charge on any atom is 0.187 e. The summed E-state index contributed by atoms with van der Waals surface area (Å²) in [5, 5.41) is 2.80. The second-order valence-corrected chi connectivity index (χ2v) is 5.14. The van der Waals surface area contributed by atoms with Gasteiger partial charge in [0.05, 0.1) is 5.69 Å². The third-order valence-electron chi connectivity index (χ3n) is 3.26. The Balaban J connectivity index is 2.10. The molecule has 0 unspecified atom stereocenters. The molecule has 0 saturated heterocycles. The zero-order chi connectivity index (χ0) is 15.4. The van der Waals surface area contributed by atoms with Crippen LogP contribution in [0.5, 0.6) is 0 Å². The molecule has 0 saturated carbocycles. The van der Waals surface area contributed by atoms with Crippen LogP contribution in [0.3, 0.4) is 0 Å². The summed E-state index contributed by atoms with van der Waals surface area (Å²) >= 11 is 0.